The number of piperazine rings is 1. The molecule has 6 heteroatoms. The Hall–Kier alpha value is -1.75. The van der Waals surface area contributed by atoms with E-state index in [-0.39, 0.29) is 12.4 Å². The average molecular weight is 377 g/mol. The van der Waals surface area contributed by atoms with Gasteiger partial charge in [0.1, 0.15) is 11.0 Å². The summed E-state index contributed by atoms with van der Waals surface area (Å²) in [6.45, 7) is 5.23. The van der Waals surface area contributed by atoms with Gasteiger partial charge in [0.25, 0.3) is 0 Å². The van der Waals surface area contributed by atoms with E-state index in [1.165, 1.54) is 16.5 Å². The van der Waals surface area contributed by atoms with Gasteiger partial charge in [-0.25, -0.2) is 4.98 Å². The van der Waals surface area contributed by atoms with E-state index in [4.69, 9.17) is 11.6 Å². The van der Waals surface area contributed by atoms with Crippen molar-refractivity contribution in [2.24, 2.45) is 0 Å². The van der Waals surface area contributed by atoms with Crippen molar-refractivity contribution >= 4 is 40.7 Å². The van der Waals surface area contributed by atoms with Crippen LogP contribution < -0.4 is 4.90 Å². The second-order valence-corrected chi connectivity index (χ2v) is 6.64. The number of hydrogen-bond donors (Lipinski definition) is 1. The number of hydrogen-bond acceptors (Lipinski definition) is 3. The molecular weight excluding hydrogens is 355 g/mol. The van der Waals surface area contributed by atoms with Gasteiger partial charge in [-0.1, -0.05) is 35.9 Å². The van der Waals surface area contributed by atoms with Gasteiger partial charge >= 0.3 is 0 Å². The molecule has 25 heavy (non-hydrogen) atoms. The molecule has 0 saturated carbocycles. The number of para-hydroxylation sites is 1. The van der Waals surface area contributed by atoms with Crippen LogP contribution in [0.15, 0.2) is 48.7 Å². The molecule has 4 rings (SSSR count). The lowest BCUT2D eigenvalue weighted by Crippen LogP contribution is -2.47. The van der Waals surface area contributed by atoms with Crippen molar-refractivity contribution < 1.29 is 0 Å². The first kappa shape index (κ1) is 18.1. The van der Waals surface area contributed by atoms with Crippen LogP contribution in [-0.2, 0) is 6.42 Å². The summed E-state index contributed by atoms with van der Waals surface area (Å²) in [5.74, 6) is 0.985. The van der Waals surface area contributed by atoms with E-state index < -0.39 is 0 Å². The average Bonchev–Trinajstić information content (AvgIpc) is 3.04. The molecule has 3 aromatic rings. The fourth-order valence-corrected chi connectivity index (χ4v) is 3.55. The lowest BCUT2D eigenvalue weighted by atomic mass is 10.1. The minimum Gasteiger partial charge on any atom is -0.361 e. The Labute approximate surface area is 159 Å². The summed E-state index contributed by atoms with van der Waals surface area (Å²) < 4.78 is 0. The van der Waals surface area contributed by atoms with Crippen LogP contribution in [0.5, 0.6) is 0 Å². The smallest absolute Gasteiger partial charge is 0.131 e. The van der Waals surface area contributed by atoms with Crippen molar-refractivity contribution in [2.45, 2.75) is 6.42 Å². The fraction of sp³-hybridized carbons (Fsp3) is 0.316. The van der Waals surface area contributed by atoms with E-state index in [9.17, 15) is 0 Å². The number of rotatable bonds is 4. The van der Waals surface area contributed by atoms with Gasteiger partial charge < -0.3 is 9.88 Å². The molecule has 1 saturated heterocycles. The number of pyridine rings is 1. The summed E-state index contributed by atoms with van der Waals surface area (Å²) in [6.07, 6.45) is 3.23. The molecule has 1 N–H and O–H groups in total. The Balaban J connectivity index is 0.00000182. The maximum atomic E-state index is 6.00. The van der Waals surface area contributed by atoms with Crippen LogP contribution in [0, 0.1) is 0 Å². The lowest BCUT2D eigenvalue weighted by molar-refractivity contribution is 0.260. The number of nitrogens with zero attached hydrogens (tertiary/aromatic N) is 3. The number of benzene rings is 1. The Kier molecular flexibility index (Phi) is 5.84. The van der Waals surface area contributed by atoms with E-state index in [1.54, 1.807) is 0 Å². The predicted molar refractivity (Wildman–Crippen MR) is 107 cm³/mol. The summed E-state index contributed by atoms with van der Waals surface area (Å²) in [4.78, 5) is 12.6. The highest BCUT2D eigenvalue weighted by Gasteiger charge is 2.18. The molecule has 0 radical (unpaired) electrons. The van der Waals surface area contributed by atoms with Gasteiger partial charge in [0.2, 0.25) is 0 Å². The van der Waals surface area contributed by atoms with Crippen LogP contribution >= 0.6 is 24.0 Å². The topological polar surface area (TPSA) is 35.2 Å². The minimum absolute atomic E-state index is 0. The first-order valence-electron chi connectivity index (χ1n) is 8.44. The summed E-state index contributed by atoms with van der Waals surface area (Å²) in [5, 5.41) is 1.91. The van der Waals surface area contributed by atoms with Crippen molar-refractivity contribution in [1.82, 2.24) is 14.9 Å². The highest BCUT2D eigenvalue weighted by Crippen LogP contribution is 2.19. The third-order valence-electron chi connectivity index (χ3n) is 4.77. The molecule has 3 heterocycles. The van der Waals surface area contributed by atoms with Crippen molar-refractivity contribution in [3.8, 4) is 0 Å². The molecule has 0 unspecified atom stereocenters. The number of aromatic nitrogens is 2. The first-order valence-corrected chi connectivity index (χ1v) is 8.82. The molecule has 0 atom stereocenters. The molecular formula is C19H22Cl2N4. The van der Waals surface area contributed by atoms with Gasteiger partial charge in [0.15, 0.2) is 0 Å². The van der Waals surface area contributed by atoms with E-state index in [2.05, 4.69) is 50.2 Å². The van der Waals surface area contributed by atoms with Crippen LogP contribution in [0.25, 0.3) is 10.9 Å². The molecule has 132 valence electrons. The Morgan fingerprint density at radius 2 is 1.80 bits per heavy atom. The molecule has 0 aliphatic carbocycles. The largest absolute Gasteiger partial charge is 0.361 e. The number of aromatic amines is 1. The van der Waals surface area contributed by atoms with Crippen LogP contribution in [0.1, 0.15) is 5.56 Å². The quantitative estimate of drug-likeness (QED) is 0.698. The molecule has 0 amide bonds. The second kappa shape index (κ2) is 8.09. The molecule has 4 nitrogen and oxygen atoms in total. The van der Waals surface area contributed by atoms with Gasteiger partial charge in [0, 0.05) is 49.8 Å². The number of H-pyrrole nitrogens is 1. The zero-order chi connectivity index (χ0) is 16.4. The Bertz CT molecular complexity index is 825. The molecule has 0 bridgehead atoms. The maximum Gasteiger partial charge on any atom is 0.131 e. The third kappa shape index (κ3) is 4.09. The maximum absolute atomic E-state index is 6.00. The van der Waals surface area contributed by atoms with Gasteiger partial charge in [-0.3, -0.25) is 4.90 Å². The third-order valence-corrected chi connectivity index (χ3v) is 4.98. The number of halogens is 2. The number of anilines is 1. The summed E-state index contributed by atoms with van der Waals surface area (Å²) in [7, 11) is 0. The van der Waals surface area contributed by atoms with Crippen LogP contribution in [-0.4, -0.2) is 47.6 Å². The lowest BCUT2D eigenvalue weighted by Gasteiger charge is -2.35. The zero-order valence-electron chi connectivity index (χ0n) is 14.0. The van der Waals surface area contributed by atoms with E-state index in [1.807, 2.05) is 18.2 Å². The van der Waals surface area contributed by atoms with E-state index in [0.29, 0.717) is 5.15 Å². The van der Waals surface area contributed by atoms with Crippen molar-refractivity contribution in [2.75, 3.05) is 37.6 Å². The molecule has 1 aliphatic rings. The summed E-state index contributed by atoms with van der Waals surface area (Å²) in [6, 6.07) is 14.3. The van der Waals surface area contributed by atoms with Gasteiger partial charge in [-0.15, -0.1) is 12.4 Å². The van der Waals surface area contributed by atoms with Gasteiger partial charge in [-0.2, -0.15) is 0 Å². The molecule has 1 fully saturated rings. The van der Waals surface area contributed by atoms with E-state index in [0.717, 1.165) is 45.0 Å². The van der Waals surface area contributed by atoms with E-state index >= 15 is 0 Å². The highest BCUT2D eigenvalue weighted by molar-refractivity contribution is 6.29. The van der Waals surface area contributed by atoms with Crippen molar-refractivity contribution in [1.29, 1.82) is 0 Å². The van der Waals surface area contributed by atoms with Gasteiger partial charge in [0.05, 0.1) is 0 Å². The standard InChI is InChI=1S/C19H21ClN4.ClH/c20-18-6-3-7-19(22-18)24-12-10-23(11-13-24)9-8-15-14-21-17-5-2-1-4-16(15)17;/h1-7,14,21H,8-13H2;1H. The number of nitrogens with one attached hydrogen (secondary N) is 1. The SMILES string of the molecule is Cl.Clc1cccc(N2CCN(CCc3c[nH]c4ccccc34)CC2)n1. The van der Waals surface area contributed by atoms with Crippen LogP contribution in [0.4, 0.5) is 5.82 Å². The van der Waals surface area contributed by atoms with Crippen LogP contribution in [0.3, 0.4) is 0 Å². The second-order valence-electron chi connectivity index (χ2n) is 6.26. The normalized spacial score (nSPS) is 15.3. The van der Waals surface area contributed by atoms with Crippen molar-refractivity contribution in [3.05, 3.63) is 59.4 Å². The van der Waals surface area contributed by atoms with Gasteiger partial charge in [-0.05, 0) is 30.2 Å². The molecule has 1 aliphatic heterocycles. The van der Waals surface area contributed by atoms with Crippen LogP contribution in [0.2, 0.25) is 5.15 Å². The molecule has 0 spiro atoms. The highest BCUT2D eigenvalue weighted by atomic mass is 35.5. The Morgan fingerprint density at radius 1 is 1.00 bits per heavy atom. The Morgan fingerprint density at radius 3 is 2.60 bits per heavy atom. The first-order chi connectivity index (χ1) is 11.8. The fourth-order valence-electron chi connectivity index (χ4n) is 3.39. The summed E-state index contributed by atoms with van der Waals surface area (Å²) in [5.41, 5.74) is 2.63. The number of fused-ring (bicyclic) bond motifs is 1. The molecule has 1 aromatic carbocycles. The zero-order valence-corrected chi connectivity index (χ0v) is 15.6. The predicted octanol–water partition coefficient (Wildman–Crippen LogP) is 4.00. The minimum atomic E-state index is 0. The summed E-state index contributed by atoms with van der Waals surface area (Å²) >= 11 is 6.00. The monoisotopic (exact) mass is 376 g/mol. The molecule has 2 aromatic heterocycles. The van der Waals surface area contributed by atoms with Crippen molar-refractivity contribution in [3.63, 3.8) is 0 Å².